The molecule has 0 fully saturated rings. The van der Waals surface area contributed by atoms with Gasteiger partial charge in [-0.15, -0.1) is 0 Å². The number of hydrogen-bond donors (Lipinski definition) is 2. The van der Waals surface area contributed by atoms with Crippen LogP contribution in [0.4, 0.5) is 17.2 Å². The lowest BCUT2D eigenvalue weighted by Crippen LogP contribution is -2.41. The number of nitrogens with one attached hydrogen (secondary N) is 2. The topological polar surface area (TPSA) is 87.5 Å². The Kier molecular flexibility index (Phi) is 6.25. The molecule has 0 saturated carbocycles. The summed E-state index contributed by atoms with van der Waals surface area (Å²) in [4.78, 5) is 27.5. The monoisotopic (exact) mass is 372 g/mol. The average molecular weight is 372 g/mol. The van der Waals surface area contributed by atoms with Crippen molar-refractivity contribution < 1.29 is 14.1 Å². The first-order valence-corrected chi connectivity index (χ1v) is 9.10. The number of aromatic nitrogens is 1. The van der Waals surface area contributed by atoms with Crippen molar-refractivity contribution >= 4 is 29.0 Å². The van der Waals surface area contributed by atoms with Gasteiger partial charge in [-0.1, -0.05) is 5.16 Å². The third-order valence-corrected chi connectivity index (χ3v) is 4.59. The van der Waals surface area contributed by atoms with Gasteiger partial charge in [0.05, 0.1) is 0 Å². The molecule has 1 aromatic carbocycles. The second-order valence-corrected chi connectivity index (χ2v) is 7.03. The van der Waals surface area contributed by atoms with E-state index >= 15 is 0 Å². The van der Waals surface area contributed by atoms with Crippen LogP contribution >= 0.6 is 0 Å². The Bertz CT molecular complexity index is 822. The van der Waals surface area contributed by atoms with Gasteiger partial charge < -0.3 is 20.1 Å². The zero-order chi connectivity index (χ0) is 20.2. The van der Waals surface area contributed by atoms with Gasteiger partial charge in [-0.05, 0) is 65.3 Å². The standard InChI is InChI=1S/C20H28N4O3/c1-7-24(8-2)15-9-10-16(13(3)11-15)21-18(25)20(5,6)19(26)22-17-12-14(4)27-23-17/h9-12H,7-8H2,1-6H3,(H,21,25)(H,22,23,26). The first kappa shape index (κ1) is 20.5. The zero-order valence-electron chi connectivity index (χ0n) is 16.8. The highest BCUT2D eigenvalue weighted by Gasteiger charge is 2.36. The van der Waals surface area contributed by atoms with Crippen LogP contribution in [-0.2, 0) is 9.59 Å². The van der Waals surface area contributed by atoms with Crippen LogP contribution in [0.5, 0.6) is 0 Å². The number of anilines is 3. The minimum Gasteiger partial charge on any atom is -0.372 e. The Morgan fingerprint density at radius 1 is 1.07 bits per heavy atom. The lowest BCUT2D eigenvalue weighted by molar-refractivity contribution is -0.135. The van der Waals surface area contributed by atoms with E-state index < -0.39 is 11.3 Å². The van der Waals surface area contributed by atoms with Crippen molar-refractivity contribution in [2.24, 2.45) is 5.41 Å². The second-order valence-electron chi connectivity index (χ2n) is 7.03. The van der Waals surface area contributed by atoms with Crippen LogP contribution in [-0.4, -0.2) is 30.1 Å². The summed E-state index contributed by atoms with van der Waals surface area (Å²) < 4.78 is 4.93. The molecule has 1 heterocycles. The van der Waals surface area contributed by atoms with Crippen LogP contribution in [0.15, 0.2) is 28.8 Å². The van der Waals surface area contributed by atoms with Gasteiger partial charge in [0.2, 0.25) is 11.8 Å². The van der Waals surface area contributed by atoms with Crippen molar-refractivity contribution in [3.05, 3.63) is 35.6 Å². The molecule has 2 amide bonds. The molecule has 0 unspecified atom stereocenters. The average Bonchev–Trinajstić information content (AvgIpc) is 3.02. The predicted octanol–water partition coefficient (Wildman–Crippen LogP) is 3.74. The Morgan fingerprint density at radius 2 is 1.70 bits per heavy atom. The van der Waals surface area contributed by atoms with Crippen molar-refractivity contribution in [3.63, 3.8) is 0 Å². The molecule has 1 aromatic heterocycles. The van der Waals surface area contributed by atoms with Crippen molar-refractivity contribution in [2.45, 2.75) is 41.5 Å². The van der Waals surface area contributed by atoms with Crippen molar-refractivity contribution in [3.8, 4) is 0 Å². The van der Waals surface area contributed by atoms with Gasteiger partial charge in [-0.2, -0.15) is 0 Å². The molecule has 0 saturated heterocycles. The second kappa shape index (κ2) is 8.24. The molecule has 0 aliphatic heterocycles. The number of amides is 2. The van der Waals surface area contributed by atoms with E-state index in [0.717, 1.165) is 24.3 Å². The fraction of sp³-hybridized carbons (Fsp3) is 0.450. The van der Waals surface area contributed by atoms with Crippen LogP contribution in [0.2, 0.25) is 0 Å². The first-order chi connectivity index (χ1) is 12.7. The highest BCUT2D eigenvalue weighted by Crippen LogP contribution is 2.26. The van der Waals surface area contributed by atoms with E-state index in [2.05, 4.69) is 34.5 Å². The number of benzene rings is 1. The van der Waals surface area contributed by atoms with E-state index in [1.165, 1.54) is 0 Å². The van der Waals surface area contributed by atoms with E-state index in [1.807, 2.05) is 25.1 Å². The van der Waals surface area contributed by atoms with E-state index in [0.29, 0.717) is 11.4 Å². The molecule has 2 rings (SSSR count). The fourth-order valence-electron chi connectivity index (χ4n) is 2.65. The number of rotatable bonds is 7. The van der Waals surface area contributed by atoms with E-state index in [9.17, 15) is 9.59 Å². The Hall–Kier alpha value is -2.83. The Labute approximate surface area is 160 Å². The number of nitrogens with zero attached hydrogens (tertiary/aromatic N) is 2. The summed E-state index contributed by atoms with van der Waals surface area (Å²) in [6.07, 6.45) is 0. The maximum Gasteiger partial charge on any atom is 0.240 e. The van der Waals surface area contributed by atoms with Crippen LogP contribution in [0.25, 0.3) is 0 Å². The van der Waals surface area contributed by atoms with Crippen LogP contribution in [0.1, 0.15) is 39.0 Å². The molecular weight excluding hydrogens is 344 g/mol. The number of aryl methyl sites for hydroxylation is 2. The van der Waals surface area contributed by atoms with E-state index in [1.54, 1.807) is 26.8 Å². The van der Waals surface area contributed by atoms with Gasteiger partial charge in [0.25, 0.3) is 0 Å². The minimum absolute atomic E-state index is 0.290. The molecule has 27 heavy (non-hydrogen) atoms. The first-order valence-electron chi connectivity index (χ1n) is 9.10. The van der Waals surface area contributed by atoms with Crippen molar-refractivity contribution in [2.75, 3.05) is 28.6 Å². The maximum atomic E-state index is 12.7. The Morgan fingerprint density at radius 3 is 2.22 bits per heavy atom. The van der Waals surface area contributed by atoms with E-state index in [-0.39, 0.29) is 11.7 Å². The number of carbonyl (C=O) groups excluding carboxylic acids is 2. The smallest absolute Gasteiger partial charge is 0.240 e. The van der Waals surface area contributed by atoms with Gasteiger partial charge in [0.15, 0.2) is 5.82 Å². The van der Waals surface area contributed by atoms with Crippen molar-refractivity contribution in [1.82, 2.24) is 5.16 Å². The summed E-state index contributed by atoms with van der Waals surface area (Å²) >= 11 is 0. The molecule has 0 radical (unpaired) electrons. The molecule has 0 spiro atoms. The summed E-state index contributed by atoms with van der Waals surface area (Å²) in [5, 5.41) is 9.20. The summed E-state index contributed by atoms with van der Waals surface area (Å²) in [6, 6.07) is 7.48. The van der Waals surface area contributed by atoms with Crippen LogP contribution in [0, 0.1) is 19.3 Å². The van der Waals surface area contributed by atoms with Gasteiger partial charge in [-0.25, -0.2) is 0 Å². The third-order valence-electron chi connectivity index (χ3n) is 4.59. The van der Waals surface area contributed by atoms with Crippen molar-refractivity contribution in [1.29, 1.82) is 0 Å². The predicted molar refractivity (Wildman–Crippen MR) is 107 cm³/mol. The van der Waals surface area contributed by atoms with Gasteiger partial charge >= 0.3 is 0 Å². The van der Waals surface area contributed by atoms with Crippen LogP contribution < -0.4 is 15.5 Å². The quantitative estimate of drug-likeness (QED) is 0.723. The molecule has 0 atom stereocenters. The SMILES string of the molecule is CCN(CC)c1ccc(NC(=O)C(C)(C)C(=O)Nc2cc(C)on2)c(C)c1. The van der Waals surface area contributed by atoms with E-state index in [4.69, 9.17) is 4.52 Å². The number of hydrogen-bond acceptors (Lipinski definition) is 5. The summed E-state index contributed by atoms with van der Waals surface area (Å²) in [7, 11) is 0. The van der Waals surface area contributed by atoms with Gasteiger partial charge in [-0.3, -0.25) is 9.59 Å². The molecule has 0 aliphatic rings. The summed E-state index contributed by atoms with van der Waals surface area (Å²) in [5.41, 5.74) is 1.45. The fourth-order valence-corrected chi connectivity index (χ4v) is 2.65. The van der Waals surface area contributed by atoms with Gasteiger partial charge in [0.1, 0.15) is 11.2 Å². The largest absolute Gasteiger partial charge is 0.372 e. The molecule has 146 valence electrons. The molecule has 0 bridgehead atoms. The molecule has 2 aromatic rings. The van der Waals surface area contributed by atoms with Crippen LogP contribution in [0.3, 0.4) is 0 Å². The lowest BCUT2D eigenvalue weighted by Gasteiger charge is -2.24. The molecular formula is C20H28N4O3. The highest BCUT2D eigenvalue weighted by molar-refractivity contribution is 6.13. The zero-order valence-corrected chi connectivity index (χ0v) is 16.8. The molecule has 7 heteroatoms. The molecule has 7 nitrogen and oxygen atoms in total. The normalized spacial score (nSPS) is 11.2. The third kappa shape index (κ3) is 4.67. The Balaban J connectivity index is 2.11. The summed E-state index contributed by atoms with van der Waals surface area (Å²) in [6.45, 7) is 12.8. The lowest BCUT2D eigenvalue weighted by atomic mass is 9.90. The summed E-state index contributed by atoms with van der Waals surface area (Å²) in [5.74, 6) is 0.0271. The molecule has 2 N–H and O–H groups in total. The van der Waals surface area contributed by atoms with Gasteiger partial charge in [0, 0.05) is 30.5 Å². The maximum absolute atomic E-state index is 12.7. The number of carbonyl (C=O) groups is 2. The highest BCUT2D eigenvalue weighted by atomic mass is 16.5. The molecule has 0 aliphatic carbocycles. The minimum atomic E-state index is -1.28.